The van der Waals surface area contributed by atoms with E-state index in [0.29, 0.717) is 17.3 Å². The van der Waals surface area contributed by atoms with E-state index in [1.54, 1.807) is 25.1 Å². The predicted octanol–water partition coefficient (Wildman–Crippen LogP) is 2.84. The summed E-state index contributed by atoms with van der Waals surface area (Å²) in [7, 11) is -2.81. The molecular weight excluding hydrogens is 392 g/mol. The molecule has 0 saturated carbocycles. The van der Waals surface area contributed by atoms with E-state index in [9.17, 15) is 18.0 Å². The standard InChI is InChI=1S/C21H24N2O5S/c1-3-28-21(25)23(2)29(26,27)19-12-9-18(10-13-19)15-16-22-20(24)14-11-17-7-5-4-6-8-17/h4-14H,3,15-16H2,1-2H3,(H,22,24)/b14-11+. The van der Waals surface area contributed by atoms with E-state index in [1.165, 1.54) is 18.2 Å². The van der Waals surface area contributed by atoms with Gasteiger partial charge in [-0.15, -0.1) is 0 Å². The molecule has 154 valence electrons. The molecular formula is C21H24N2O5S. The van der Waals surface area contributed by atoms with E-state index in [4.69, 9.17) is 4.74 Å². The number of nitrogens with zero attached hydrogens (tertiary/aromatic N) is 1. The molecule has 2 amide bonds. The van der Waals surface area contributed by atoms with Crippen molar-refractivity contribution in [1.29, 1.82) is 0 Å². The normalized spacial score (nSPS) is 11.2. The minimum Gasteiger partial charge on any atom is -0.449 e. The van der Waals surface area contributed by atoms with Crippen LogP contribution in [0.3, 0.4) is 0 Å². The highest BCUT2D eigenvalue weighted by Crippen LogP contribution is 2.16. The lowest BCUT2D eigenvalue weighted by Gasteiger charge is -2.17. The summed E-state index contributed by atoms with van der Waals surface area (Å²) in [5.41, 5.74) is 1.79. The van der Waals surface area contributed by atoms with Gasteiger partial charge in [0.05, 0.1) is 11.5 Å². The maximum absolute atomic E-state index is 12.4. The van der Waals surface area contributed by atoms with Gasteiger partial charge in [-0.3, -0.25) is 4.79 Å². The van der Waals surface area contributed by atoms with Crippen LogP contribution in [0.25, 0.3) is 6.08 Å². The lowest BCUT2D eigenvalue weighted by atomic mass is 10.1. The van der Waals surface area contributed by atoms with Crippen LogP contribution in [-0.4, -0.2) is 44.9 Å². The molecule has 0 aliphatic carbocycles. The summed E-state index contributed by atoms with van der Waals surface area (Å²) in [6.07, 6.45) is 2.81. The number of nitrogens with one attached hydrogen (secondary N) is 1. The average Bonchev–Trinajstić information content (AvgIpc) is 2.73. The van der Waals surface area contributed by atoms with Crippen LogP contribution in [0.4, 0.5) is 4.79 Å². The van der Waals surface area contributed by atoms with Crippen molar-refractivity contribution in [3.05, 3.63) is 71.8 Å². The molecule has 2 rings (SSSR count). The Morgan fingerprint density at radius 3 is 2.34 bits per heavy atom. The van der Waals surface area contributed by atoms with Gasteiger partial charge in [0.1, 0.15) is 0 Å². The van der Waals surface area contributed by atoms with Gasteiger partial charge >= 0.3 is 6.09 Å². The predicted molar refractivity (Wildman–Crippen MR) is 111 cm³/mol. The molecule has 0 fully saturated rings. The summed E-state index contributed by atoms with van der Waals surface area (Å²) in [6, 6.07) is 15.7. The zero-order chi connectivity index (χ0) is 21.3. The largest absolute Gasteiger partial charge is 0.449 e. The third-order valence-electron chi connectivity index (χ3n) is 4.05. The number of rotatable bonds is 8. The molecule has 0 aromatic heterocycles. The van der Waals surface area contributed by atoms with Crippen molar-refractivity contribution in [3.63, 3.8) is 0 Å². The zero-order valence-corrected chi connectivity index (χ0v) is 17.2. The second kappa shape index (κ2) is 10.4. The van der Waals surface area contributed by atoms with Crippen molar-refractivity contribution in [1.82, 2.24) is 9.62 Å². The summed E-state index contributed by atoms with van der Waals surface area (Å²) < 4.78 is 30.1. The fourth-order valence-corrected chi connectivity index (χ4v) is 3.47. The van der Waals surface area contributed by atoms with Gasteiger partial charge in [-0.1, -0.05) is 42.5 Å². The topological polar surface area (TPSA) is 92.8 Å². The van der Waals surface area contributed by atoms with E-state index in [2.05, 4.69) is 5.32 Å². The smallest absolute Gasteiger partial charge is 0.423 e. The fraction of sp³-hybridized carbons (Fsp3) is 0.238. The average molecular weight is 416 g/mol. The first-order valence-corrected chi connectivity index (χ1v) is 10.5. The molecule has 0 saturated heterocycles. The molecule has 0 aliphatic rings. The molecule has 0 bridgehead atoms. The minimum absolute atomic E-state index is 0.00775. The summed E-state index contributed by atoms with van der Waals surface area (Å²) in [5.74, 6) is -0.205. The first-order valence-electron chi connectivity index (χ1n) is 9.10. The number of hydrogen-bond acceptors (Lipinski definition) is 5. The summed E-state index contributed by atoms with van der Waals surface area (Å²) >= 11 is 0. The number of carbonyl (C=O) groups excluding carboxylic acids is 2. The highest BCUT2D eigenvalue weighted by atomic mass is 32.2. The van der Waals surface area contributed by atoms with Gasteiger partial charge in [0.25, 0.3) is 10.0 Å². The van der Waals surface area contributed by atoms with Crippen molar-refractivity contribution in [2.75, 3.05) is 20.2 Å². The monoisotopic (exact) mass is 416 g/mol. The number of benzene rings is 2. The van der Waals surface area contributed by atoms with Crippen molar-refractivity contribution in [2.24, 2.45) is 0 Å². The van der Waals surface area contributed by atoms with Crippen LogP contribution < -0.4 is 5.32 Å². The lowest BCUT2D eigenvalue weighted by molar-refractivity contribution is -0.116. The van der Waals surface area contributed by atoms with Crippen LogP contribution in [0.1, 0.15) is 18.1 Å². The Bertz CT molecular complexity index is 954. The van der Waals surface area contributed by atoms with Gasteiger partial charge in [-0.25, -0.2) is 17.5 Å². The molecule has 1 N–H and O–H groups in total. The summed E-state index contributed by atoms with van der Waals surface area (Å²) in [4.78, 5) is 23.5. The van der Waals surface area contributed by atoms with E-state index in [0.717, 1.165) is 18.2 Å². The molecule has 0 unspecified atom stereocenters. The summed E-state index contributed by atoms with van der Waals surface area (Å²) in [5, 5.41) is 2.78. The highest BCUT2D eigenvalue weighted by Gasteiger charge is 2.26. The van der Waals surface area contributed by atoms with E-state index >= 15 is 0 Å². The van der Waals surface area contributed by atoms with Crippen molar-refractivity contribution in [3.8, 4) is 0 Å². The molecule has 29 heavy (non-hydrogen) atoms. The molecule has 0 atom stereocenters. The first kappa shape index (κ1) is 22.2. The summed E-state index contributed by atoms with van der Waals surface area (Å²) in [6.45, 7) is 2.10. The number of carbonyl (C=O) groups is 2. The van der Waals surface area contributed by atoms with Crippen LogP contribution >= 0.6 is 0 Å². The van der Waals surface area contributed by atoms with Gasteiger partial charge in [0.15, 0.2) is 0 Å². The quantitative estimate of drug-likeness (QED) is 0.668. The number of amides is 2. The van der Waals surface area contributed by atoms with Crippen LogP contribution in [-0.2, 0) is 26.0 Å². The third-order valence-corrected chi connectivity index (χ3v) is 5.78. The van der Waals surface area contributed by atoms with Crippen LogP contribution in [0.15, 0.2) is 65.6 Å². The SMILES string of the molecule is CCOC(=O)N(C)S(=O)(=O)c1ccc(CCNC(=O)/C=C/c2ccccc2)cc1. The number of sulfonamides is 1. The van der Waals surface area contributed by atoms with Crippen molar-refractivity contribution >= 4 is 28.1 Å². The molecule has 0 radical (unpaired) electrons. The van der Waals surface area contributed by atoms with Gasteiger partial charge in [-0.05, 0) is 42.7 Å². The second-order valence-corrected chi connectivity index (χ2v) is 8.07. The Morgan fingerprint density at radius 2 is 1.72 bits per heavy atom. The van der Waals surface area contributed by atoms with E-state index < -0.39 is 16.1 Å². The zero-order valence-electron chi connectivity index (χ0n) is 16.4. The fourth-order valence-electron chi connectivity index (χ4n) is 2.42. The van der Waals surface area contributed by atoms with Crippen molar-refractivity contribution in [2.45, 2.75) is 18.2 Å². The minimum atomic E-state index is -3.96. The van der Waals surface area contributed by atoms with Gasteiger partial charge < -0.3 is 10.1 Å². The number of ether oxygens (including phenoxy) is 1. The molecule has 0 aliphatic heterocycles. The molecule has 0 spiro atoms. The third kappa shape index (κ3) is 6.46. The van der Waals surface area contributed by atoms with E-state index in [1.807, 2.05) is 30.3 Å². The molecule has 7 nitrogen and oxygen atoms in total. The van der Waals surface area contributed by atoms with Gasteiger partial charge in [0.2, 0.25) is 5.91 Å². The Balaban J connectivity index is 1.88. The first-order chi connectivity index (χ1) is 13.8. The maximum atomic E-state index is 12.4. The Labute approximate surface area is 171 Å². The lowest BCUT2D eigenvalue weighted by Crippen LogP contribution is -2.33. The van der Waals surface area contributed by atoms with E-state index in [-0.39, 0.29) is 17.4 Å². The molecule has 8 heteroatoms. The molecule has 2 aromatic rings. The second-order valence-electron chi connectivity index (χ2n) is 6.10. The van der Waals surface area contributed by atoms with Gasteiger partial charge in [-0.2, -0.15) is 0 Å². The van der Waals surface area contributed by atoms with Crippen LogP contribution in [0.2, 0.25) is 0 Å². The van der Waals surface area contributed by atoms with Crippen LogP contribution in [0.5, 0.6) is 0 Å². The highest BCUT2D eigenvalue weighted by molar-refractivity contribution is 7.89. The van der Waals surface area contributed by atoms with Crippen molar-refractivity contribution < 1.29 is 22.7 Å². The maximum Gasteiger partial charge on any atom is 0.423 e. The molecule has 0 heterocycles. The molecule has 2 aromatic carbocycles. The Kier molecular flexibility index (Phi) is 7.97. The Morgan fingerprint density at radius 1 is 1.07 bits per heavy atom. The van der Waals surface area contributed by atoms with Crippen LogP contribution in [0, 0.1) is 0 Å². The van der Waals surface area contributed by atoms with Gasteiger partial charge in [0, 0.05) is 19.7 Å². The number of hydrogen-bond donors (Lipinski definition) is 1. The Hall–Kier alpha value is -3.13.